The Bertz CT molecular complexity index is 692. The van der Waals surface area contributed by atoms with E-state index in [-0.39, 0.29) is 11.5 Å². The van der Waals surface area contributed by atoms with Crippen molar-refractivity contribution in [3.05, 3.63) is 53.3 Å². The van der Waals surface area contributed by atoms with Gasteiger partial charge < -0.3 is 14.6 Å². The molecule has 0 aliphatic carbocycles. The van der Waals surface area contributed by atoms with Crippen molar-refractivity contribution in [3.8, 4) is 23.3 Å². The Labute approximate surface area is 122 Å². The van der Waals surface area contributed by atoms with Gasteiger partial charge in [0.2, 0.25) is 0 Å². The molecule has 0 heterocycles. The van der Waals surface area contributed by atoms with Gasteiger partial charge in [0, 0.05) is 11.6 Å². The van der Waals surface area contributed by atoms with E-state index in [2.05, 4.69) is 0 Å². The van der Waals surface area contributed by atoms with Gasteiger partial charge in [0.25, 0.3) is 0 Å². The lowest BCUT2D eigenvalue weighted by molar-refractivity contribution is 0.194. The predicted molar refractivity (Wildman–Crippen MR) is 74.8 cm³/mol. The zero-order chi connectivity index (χ0) is 15.4. The Morgan fingerprint density at radius 3 is 2.62 bits per heavy atom. The first-order chi connectivity index (χ1) is 10.1. The second-order valence-electron chi connectivity index (χ2n) is 4.41. The first-order valence-corrected chi connectivity index (χ1v) is 6.29. The van der Waals surface area contributed by atoms with Crippen LogP contribution in [0.3, 0.4) is 0 Å². The number of nitriles is 1. The number of aliphatic hydroxyl groups excluding tert-OH is 1. The lowest BCUT2D eigenvalue weighted by atomic mass is 10.1. The summed E-state index contributed by atoms with van der Waals surface area (Å²) in [4.78, 5) is 0. The third kappa shape index (κ3) is 3.12. The molecule has 21 heavy (non-hydrogen) atoms. The highest BCUT2D eigenvalue weighted by atomic mass is 19.1. The average molecular weight is 287 g/mol. The summed E-state index contributed by atoms with van der Waals surface area (Å²) in [5.74, 6) is -0.0623. The molecule has 2 aromatic carbocycles. The highest BCUT2D eigenvalue weighted by molar-refractivity contribution is 5.50. The van der Waals surface area contributed by atoms with Gasteiger partial charge in [-0.2, -0.15) is 5.26 Å². The first-order valence-electron chi connectivity index (χ1n) is 6.29. The number of nitrogens with zero attached hydrogens (tertiary/aromatic N) is 1. The molecule has 2 rings (SSSR count). The number of rotatable bonds is 4. The van der Waals surface area contributed by atoms with E-state index in [0.29, 0.717) is 16.9 Å². The molecular weight excluding hydrogens is 273 g/mol. The summed E-state index contributed by atoms with van der Waals surface area (Å²) in [5.41, 5.74) is 0.741. The second kappa shape index (κ2) is 6.25. The summed E-state index contributed by atoms with van der Waals surface area (Å²) in [6.07, 6.45) is -0.875. The molecule has 0 spiro atoms. The van der Waals surface area contributed by atoms with E-state index in [4.69, 9.17) is 14.7 Å². The van der Waals surface area contributed by atoms with Crippen LogP contribution in [0.2, 0.25) is 0 Å². The molecule has 0 amide bonds. The maximum atomic E-state index is 13.9. The van der Waals surface area contributed by atoms with Crippen LogP contribution in [-0.4, -0.2) is 12.2 Å². The van der Waals surface area contributed by atoms with E-state index >= 15 is 0 Å². The van der Waals surface area contributed by atoms with Crippen LogP contribution < -0.4 is 9.47 Å². The van der Waals surface area contributed by atoms with Crippen molar-refractivity contribution in [1.29, 1.82) is 5.26 Å². The number of methoxy groups -OCH3 is 1. The van der Waals surface area contributed by atoms with Crippen LogP contribution in [0.5, 0.6) is 17.2 Å². The molecule has 0 aliphatic rings. The SMILES string of the molecule is COc1cc(C#N)ccc1Oc1c(F)cccc1[C@@H](C)O. The topological polar surface area (TPSA) is 62.5 Å². The van der Waals surface area contributed by atoms with E-state index in [1.807, 2.05) is 6.07 Å². The van der Waals surface area contributed by atoms with Crippen LogP contribution in [0, 0.1) is 17.1 Å². The van der Waals surface area contributed by atoms with Gasteiger partial charge in [0.1, 0.15) is 0 Å². The molecule has 1 atom stereocenters. The fraction of sp³-hybridized carbons (Fsp3) is 0.188. The zero-order valence-electron chi connectivity index (χ0n) is 11.6. The molecule has 0 bridgehead atoms. The Morgan fingerprint density at radius 1 is 1.24 bits per heavy atom. The van der Waals surface area contributed by atoms with Crippen molar-refractivity contribution in [2.45, 2.75) is 13.0 Å². The largest absolute Gasteiger partial charge is 0.493 e. The molecule has 108 valence electrons. The highest BCUT2D eigenvalue weighted by Gasteiger charge is 2.16. The molecule has 0 radical (unpaired) electrons. The van der Waals surface area contributed by atoms with E-state index in [1.165, 1.54) is 38.3 Å². The van der Waals surface area contributed by atoms with Gasteiger partial charge in [0.15, 0.2) is 23.1 Å². The average Bonchev–Trinajstić information content (AvgIpc) is 2.49. The van der Waals surface area contributed by atoms with Gasteiger partial charge in [0.05, 0.1) is 24.8 Å². The Morgan fingerprint density at radius 2 is 2.00 bits per heavy atom. The Kier molecular flexibility index (Phi) is 4.41. The molecule has 0 fully saturated rings. The normalized spacial score (nSPS) is 11.6. The van der Waals surface area contributed by atoms with Crippen LogP contribution in [0.15, 0.2) is 36.4 Å². The molecule has 1 N–H and O–H groups in total. The Hall–Kier alpha value is -2.58. The lowest BCUT2D eigenvalue weighted by Gasteiger charge is -2.15. The molecule has 4 nitrogen and oxygen atoms in total. The maximum Gasteiger partial charge on any atom is 0.169 e. The summed E-state index contributed by atoms with van der Waals surface area (Å²) in [7, 11) is 1.43. The van der Waals surface area contributed by atoms with Crippen molar-refractivity contribution in [3.63, 3.8) is 0 Å². The molecule has 0 saturated carbocycles. The summed E-state index contributed by atoms with van der Waals surface area (Å²) in [5, 5.41) is 18.6. The molecule has 0 saturated heterocycles. The number of halogens is 1. The van der Waals surface area contributed by atoms with Crippen LogP contribution in [-0.2, 0) is 0 Å². The van der Waals surface area contributed by atoms with Crippen molar-refractivity contribution in [2.75, 3.05) is 7.11 Å². The molecule has 0 aromatic heterocycles. The standard InChI is InChI=1S/C16H14FNO3/c1-10(19)12-4-3-5-13(17)16(12)21-14-7-6-11(9-18)8-15(14)20-2/h3-8,10,19H,1-2H3/t10-/m1/s1. The van der Waals surface area contributed by atoms with Crippen LogP contribution in [0.25, 0.3) is 0 Å². The molecule has 2 aromatic rings. The molecule has 5 heteroatoms. The lowest BCUT2D eigenvalue weighted by Crippen LogP contribution is -2.00. The molecular formula is C16H14FNO3. The number of ether oxygens (including phenoxy) is 2. The van der Waals surface area contributed by atoms with E-state index < -0.39 is 11.9 Å². The van der Waals surface area contributed by atoms with Crippen molar-refractivity contribution in [2.24, 2.45) is 0 Å². The smallest absolute Gasteiger partial charge is 0.169 e. The number of benzene rings is 2. The van der Waals surface area contributed by atoms with Crippen LogP contribution >= 0.6 is 0 Å². The monoisotopic (exact) mass is 287 g/mol. The quantitative estimate of drug-likeness (QED) is 0.934. The fourth-order valence-electron chi connectivity index (χ4n) is 1.89. The molecule has 0 aliphatic heterocycles. The van der Waals surface area contributed by atoms with Crippen molar-refractivity contribution in [1.82, 2.24) is 0 Å². The van der Waals surface area contributed by atoms with Gasteiger partial charge in [-0.05, 0) is 25.1 Å². The third-order valence-corrected chi connectivity index (χ3v) is 2.95. The second-order valence-corrected chi connectivity index (χ2v) is 4.41. The first kappa shape index (κ1) is 14.8. The van der Waals surface area contributed by atoms with Crippen molar-refractivity contribution < 1.29 is 19.0 Å². The highest BCUT2D eigenvalue weighted by Crippen LogP contribution is 2.37. The van der Waals surface area contributed by atoms with Gasteiger partial charge in [-0.3, -0.25) is 0 Å². The summed E-state index contributed by atoms with van der Waals surface area (Å²) < 4.78 is 24.6. The zero-order valence-corrected chi connectivity index (χ0v) is 11.6. The third-order valence-electron chi connectivity index (χ3n) is 2.95. The van der Waals surface area contributed by atoms with Gasteiger partial charge >= 0.3 is 0 Å². The fourth-order valence-corrected chi connectivity index (χ4v) is 1.89. The number of hydrogen-bond acceptors (Lipinski definition) is 4. The summed E-state index contributed by atoms with van der Waals surface area (Å²) in [6.45, 7) is 1.53. The number of hydrogen-bond donors (Lipinski definition) is 1. The minimum absolute atomic E-state index is 0.0597. The van der Waals surface area contributed by atoms with Crippen LogP contribution in [0.1, 0.15) is 24.2 Å². The van der Waals surface area contributed by atoms with E-state index in [9.17, 15) is 9.50 Å². The molecule has 0 unspecified atom stereocenters. The van der Waals surface area contributed by atoms with Gasteiger partial charge in [-0.15, -0.1) is 0 Å². The maximum absolute atomic E-state index is 13.9. The van der Waals surface area contributed by atoms with E-state index in [1.54, 1.807) is 12.1 Å². The van der Waals surface area contributed by atoms with Crippen LogP contribution in [0.4, 0.5) is 4.39 Å². The van der Waals surface area contributed by atoms with E-state index in [0.717, 1.165) is 0 Å². The predicted octanol–water partition coefficient (Wildman–Crippen LogP) is 3.55. The summed E-state index contributed by atoms with van der Waals surface area (Å²) in [6, 6.07) is 10.9. The number of para-hydroxylation sites is 1. The number of aliphatic hydroxyl groups is 1. The Balaban J connectivity index is 2.46. The van der Waals surface area contributed by atoms with Gasteiger partial charge in [-0.25, -0.2) is 4.39 Å². The minimum Gasteiger partial charge on any atom is -0.493 e. The van der Waals surface area contributed by atoms with Gasteiger partial charge in [-0.1, -0.05) is 12.1 Å². The minimum atomic E-state index is -0.875. The van der Waals surface area contributed by atoms with Crippen molar-refractivity contribution >= 4 is 0 Å². The summed E-state index contributed by atoms with van der Waals surface area (Å²) >= 11 is 0.